The lowest BCUT2D eigenvalue weighted by molar-refractivity contribution is -0.146. The molecule has 0 radical (unpaired) electrons. The number of hydrogen-bond donors (Lipinski definition) is 1. The quantitative estimate of drug-likeness (QED) is 0.799. The Bertz CT molecular complexity index is 474. The van der Waals surface area contributed by atoms with Crippen molar-refractivity contribution in [1.29, 1.82) is 0 Å². The Morgan fingerprint density at radius 3 is 2.36 bits per heavy atom. The maximum atomic E-state index is 12.3. The Labute approximate surface area is 132 Å². The maximum Gasteiger partial charge on any atom is 0.251 e. The summed E-state index contributed by atoms with van der Waals surface area (Å²) >= 11 is 0. The highest BCUT2D eigenvalue weighted by Gasteiger charge is 2.22. The third-order valence-electron chi connectivity index (χ3n) is 3.17. The highest BCUT2D eigenvalue weighted by Crippen LogP contribution is 2.06. The summed E-state index contributed by atoms with van der Waals surface area (Å²) in [7, 11) is 0. The first-order valence-electron chi connectivity index (χ1n) is 7.67. The van der Waals surface area contributed by atoms with Crippen molar-refractivity contribution in [1.82, 2.24) is 10.2 Å². The summed E-state index contributed by atoms with van der Waals surface area (Å²) in [4.78, 5) is 25.6. The molecule has 0 saturated carbocycles. The summed E-state index contributed by atoms with van der Waals surface area (Å²) in [6.45, 7) is 8.27. The van der Waals surface area contributed by atoms with Crippen molar-refractivity contribution < 1.29 is 14.3 Å². The number of carbonyl (C=O) groups is 2. The largest absolute Gasteiger partial charge is 0.364 e. The van der Waals surface area contributed by atoms with E-state index in [9.17, 15) is 9.59 Å². The SMILES string of the molecule is CCN(CC(=O)NC(C)C)C(=O)C(C)OCc1ccccc1. The van der Waals surface area contributed by atoms with Crippen LogP contribution in [0.3, 0.4) is 0 Å². The van der Waals surface area contributed by atoms with Gasteiger partial charge in [-0.1, -0.05) is 30.3 Å². The average molecular weight is 306 g/mol. The van der Waals surface area contributed by atoms with Crippen LogP contribution in [0.5, 0.6) is 0 Å². The van der Waals surface area contributed by atoms with Gasteiger partial charge < -0.3 is 15.0 Å². The van der Waals surface area contributed by atoms with Crippen LogP contribution < -0.4 is 5.32 Å². The molecule has 0 spiro atoms. The van der Waals surface area contributed by atoms with E-state index in [1.807, 2.05) is 51.1 Å². The van der Waals surface area contributed by atoms with Crippen LogP contribution in [-0.2, 0) is 20.9 Å². The monoisotopic (exact) mass is 306 g/mol. The summed E-state index contributed by atoms with van der Waals surface area (Å²) in [6.07, 6.45) is -0.577. The molecule has 0 aromatic heterocycles. The number of likely N-dealkylation sites (N-methyl/N-ethyl adjacent to an activating group) is 1. The lowest BCUT2D eigenvalue weighted by atomic mass is 10.2. The molecule has 0 bridgehead atoms. The molecular weight excluding hydrogens is 280 g/mol. The van der Waals surface area contributed by atoms with E-state index in [0.29, 0.717) is 13.2 Å². The second-order valence-electron chi connectivity index (χ2n) is 5.51. The Morgan fingerprint density at radius 2 is 1.82 bits per heavy atom. The predicted octanol–water partition coefficient (Wildman–Crippen LogP) is 1.96. The zero-order valence-electron chi connectivity index (χ0n) is 13.8. The molecule has 122 valence electrons. The molecular formula is C17H26N2O3. The number of nitrogens with one attached hydrogen (secondary N) is 1. The molecule has 1 rings (SSSR count). The third kappa shape index (κ3) is 6.26. The molecule has 0 aliphatic heterocycles. The number of amides is 2. The maximum absolute atomic E-state index is 12.3. The lowest BCUT2D eigenvalue weighted by Crippen LogP contribution is -2.46. The standard InChI is InChI=1S/C17H26N2O3/c1-5-19(11-16(20)18-13(2)3)17(21)14(4)22-12-15-9-7-6-8-10-15/h6-10,13-14H,5,11-12H2,1-4H3,(H,18,20). The van der Waals surface area contributed by atoms with Crippen molar-refractivity contribution in [2.24, 2.45) is 0 Å². The van der Waals surface area contributed by atoms with Crippen LogP contribution in [0.25, 0.3) is 0 Å². The van der Waals surface area contributed by atoms with Gasteiger partial charge in [-0.25, -0.2) is 0 Å². The van der Waals surface area contributed by atoms with Crippen LogP contribution in [-0.4, -0.2) is 41.9 Å². The third-order valence-corrected chi connectivity index (χ3v) is 3.17. The Hall–Kier alpha value is -1.88. The Balaban J connectivity index is 2.50. The fourth-order valence-corrected chi connectivity index (χ4v) is 2.01. The normalized spacial score (nSPS) is 12.0. The first-order chi connectivity index (χ1) is 10.4. The molecule has 0 heterocycles. The van der Waals surface area contributed by atoms with Gasteiger partial charge in [0, 0.05) is 12.6 Å². The zero-order valence-corrected chi connectivity index (χ0v) is 13.8. The van der Waals surface area contributed by atoms with Crippen molar-refractivity contribution in [3.63, 3.8) is 0 Å². The lowest BCUT2D eigenvalue weighted by Gasteiger charge is -2.24. The molecule has 0 aliphatic rings. The first kappa shape index (κ1) is 18.2. The van der Waals surface area contributed by atoms with Crippen molar-refractivity contribution >= 4 is 11.8 Å². The fraction of sp³-hybridized carbons (Fsp3) is 0.529. The molecule has 1 N–H and O–H groups in total. The number of rotatable bonds is 8. The van der Waals surface area contributed by atoms with Crippen LogP contribution in [0.2, 0.25) is 0 Å². The van der Waals surface area contributed by atoms with Gasteiger partial charge in [0.25, 0.3) is 5.91 Å². The second kappa shape index (κ2) is 9.20. The summed E-state index contributed by atoms with van der Waals surface area (Å²) in [6, 6.07) is 9.76. The van der Waals surface area contributed by atoms with Crippen molar-refractivity contribution in [3.8, 4) is 0 Å². The summed E-state index contributed by atoms with van der Waals surface area (Å²) in [5.41, 5.74) is 1.02. The van der Waals surface area contributed by atoms with Crippen molar-refractivity contribution in [2.75, 3.05) is 13.1 Å². The number of carbonyl (C=O) groups excluding carboxylic acids is 2. The smallest absolute Gasteiger partial charge is 0.251 e. The van der Waals surface area contributed by atoms with Gasteiger partial charge in [0.1, 0.15) is 6.10 Å². The fourth-order valence-electron chi connectivity index (χ4n) is 2.01. The van der Waals surface area contributed by atoms with E-state index >= 15 is 0 Å². The summed E-state index contributed by atoms with van der Waals surface area (Å²) in [5, 5.41) is 2.79. The van der Waals surface area contributed by atoms with Crippen LogP contribution >= 0.6 is 0 Å². The Morgan fingerprint density at radius 1 is 1.18 bits per heavy atom. The van der Waals surface area contributed by atoms with Gasteiger partial charge in [0.05, 0.1) is 13.2 Å². The minimum atomic E-state index is -0.577. The minimum absolute atomic E-state index is 0.0621. The minimum Gasteiger partial charge on any atom is -0.364 e. The van der Waals surface area contributed by atoms with E-state index in [2.05, 4.69) is 5.32 Å². The van der Waals surface area contributed by atoms with Gasteiger partial charge in [-0.05, 0) is 33.3 Å². The topological polar surface area (TPSA) is 58.6 Å². The summed E-state index contributed by atoms with van der Waals surface area (Å²) < 4.78 is 5.61. The predicted molar refractivity (Wildman–Crippen MR) is 86.2 cm³/mol. The zero-order chi connectivity index (χ0) is 16.5. The molecule has 5 nitrogen and oxygen atoms in total. The molecule has 1 aromatic carbocycles. The van der Waals surface area contributed by atoms with E-state index in [1.165, 1.54) is 4.90 Å². The number of benzene rings is 1. The highest BCUT2D eigenvalue weighted by atomic mass is 16.5. The van der Waals surface area contributed by atoms with Crippen LogP contribution in [0.1, 0.15) is 33.3 Å². The highest BCUT2D eigenvalue weighted by molar-refractivity contribution is 5.86. The van der Waals surface area contributed by atoms with Gasteiger partial charge in [0.2, 0.25) is 5.91 Å². The Kier molecular flexibility index (Phi) is 7.60. The molecule has 0 aliphatic carbocycles. The molecule has 1 aromatic rings. The van der Waals surface area contributed by atoms with Gasteiger partial charge >= 0.3 is 0 Å². The van der Waals surface area contributed by atoms with E-state index in [-0.39, 0.29) is 24.4 Å². The molecule has 22 heavy (non-hydrogen) atoms. The van der Waals surface area contributed by atoms with Gasteiger partial charge in [-0.15, -0.1) is 0 Å². The number of ether oxygens (including phenoxy) is 1. The van der Waals surface area contributed by atoms with E-state index in [1.54, 1.807) is 6.92 Å². The average Bonchev–Trinajstić information content (AvgIpc) is 2.49. The molecule has 0 saturated heterocycles. The van der Waals surface area contributed by atoms with Gasteiger partial charge in [-0.3, -0.25) is 9.59 Å². The second-order valence-corrected chi connectivity index (χ2v) is 5.51. The molecule has 0 fully saturated rings. The van der Waals surface area contributed by atoms with Crippen LogP contribution in [0.4, 0.5) is 0 Å². The summed E-state index contributed by atoms with van der Waals surface area (Å²) in [5.74, 6) is -0.321. The van der Waals surface area contributed by atoms with Gasteiger partial charge in [0.15, 0.2) is 0 Å². The van der Waals surface area contributed by atoms with Crippen molar-refractivity contribution in [2.45, 2.75) is 46.4 Å². The van der Waals surface area contributed by atoms with Crippen LogP contribution in [0, 0.1) is 0 Å². The molecule has 1 unspecified atom stereocenters. The molecule has 5 heteroatoms. The van der Waals surface area contributed by atoms with Crippen molar-refractivity contribution in [3.05, 3.63) is 35.9 Å². The molecule has 2 amide bonds. The van der Waals surface area contributed by atoms with E-state index in [4.69, 9.17) is 4.74 Å². The van der Waals surface area contributed by atoms with Crippen LogP contribution in [0.15, 0.2) is 30.3 Å². The number of nitrogens with zero attached hydrogens (tertiary/aromatic N) is 1. The molecule has 1 atom stereocenters. The van der Waals surface area contributed by atoms with E-state index in [0.717, 1.165) is 5.56 Å². The van der Waals surface area contributed by atoms with Gasteiger partial charge in [-0.2, -0.15) is 0 Å². The van der Waals surface area contributed by atoms with E-state index < -0.39 is 6.10 Å². The number of hydrogen-bond acceptors (Lipinski definition) is 3. The first-order valence-corrected chi connectivity index (χ1v) is 7.67.